The van der Waals surface area contributed by atoms with Crippen LogP contribution in [0, 0.1) is 0 Å². The van der Waals surface area contributed by atoms with Crippen LogP contribution in [-0.4, -0.2) is 37.2 Å². The van der Waals surface area contributed by atoms with Gasteiger partial charge in [-0.3, -0.25) is 14.4 Å². The molecule has 67 heavy (non-hydrogen) atoms. The Morgan fingerprint density at radius 3 is 0.896 bits per heavy atom. The van der Waals surface area contributed by atoms with Gasteiger partial charge in [-0.05, 0) is 57.8 Å². The first kappa shape index (κ1) is 64.1. The van der Waals surface area contributed by atoms with Gasteiger partial charge in [0.25, 0.3) is 0 Å². The first-order chi connectivity index (χ1) is 33.0. The number of carbonyl (C=O) groups is 3. The minimum Gasteiger partial charge on any atom is -0.462 e. The second kappa shape index (κ2) is 55.7. The summed E-state index contributed by atoms with van der Waals surface area (Å²) in [6.07, 6.45) is 69.5. The molecule has 6 heteroatoms. The summed E-state index contributed by atoms with van der Waals surface area (Å²) in [7, 11) is 0. The molecule has 0 spiro atoms. The van der Waals surface area contributed by atoms with Crippen LogP contribution in [0.2, 0.25) is 0 Å². The second-order valence-electron chi connectivity index (χ2n) is 19.2. The monoisotopic (exact) mass is 937 g/mol. The zero-order valence-corrected chi connectivity index (χ0v) is 44.4. The molecule has 388 valence electrons. The Kier molecular flexibility index (Phi) is 53.3. The Balaban J connectivity index is 4.27. The van der Waals surface area contributed by atoms with Gasteiger partial charge in [0.2, 0.25) is 0 Å². The molecule has 6 nitrogen and oxygen atoms in total. The van der Waals surface area contributed by atoms with E-state index < -0.39 is 6.10 Å². The highest BCUT2D eigenvalue weighted by Crippen LogP contribution is 2.17. The van der Waals surface area contributed by atoms with Crippen molar-refractivity contribution < 1.29 is 28.6 Å². The van der Waals surface area contributed by atoms with Crippen LogP contribution >= 0.6 is 0 Å². The van der Waals surface area contributed by atoms with E-state index in [4.69, 9.17) is 14.2 Å². The number of ether oxygens (including phenoxy) is 3. The molecule has 0 N–H and O–H groups in total. The summed E-state index contributed by atoms with van der Waals surface area (Å²) in [6.45, 7) is 6.49. The Bertz CT molecular complexity index is 1210. The van der Waals surface area contributed by atoms with Crippen LogP contribution in [0.5, 0.6) is 0 Å². The predicted octanol–water partition coefficient (Wildman–Crippen LogP) is 19.2. The maximum Gasteiger partial charge on any atom is 0.306 e. The van der Waals surface area contributed by atoms with Crippen molar-refractivity contribution in [3.05, 3.63) is 60.8 Å². The summed E-state index contributed by atoms with van der Waals surface area (Å²) >= 11 is 0. The third kappa shape index (κ3) is 53.9. The van der Waals surface area contributed by atoms with Crippen LogP contribution in [0.3, 0.4) is 0 Å². The smallest absolute Gasteiger partial charge is 0.306 e. The van der Waals surface area contributed by atoms with Crippen molar-refractivity contribution in [2.24, 2.45) is 0 Å². The van der Waals surface area contributed by atoms with Crippen molar-refractivity contribution in [1.29, 1.82) is 0 Å². The van der Waals surface area contributed by atoms with Gasteiger partial charge >= 0.3 is 17.9 Å². The average Bonchev–Trinajstić information content (AvgIpc) is 3.33. The van der Waals surface area contributed by atoms with Crippen molar-refractivity contribution >= 4 is 17.9 Å². The van der Waals surface area contributed by atoms with Crippen LogP contribution in [0.1, 0.15) is 290 Å². The zero-order valence-electron chi connectivity index (χ0n) is 44.4. The van der Waals surface area contributed by atoms with E-state index in [1.807, 2.05) is 0 Å². The van der Waals surface area contributed by atoms with Gasteiger partial charge in [-0.2, -0.15) is 0 Å². The molecule has 0 heterocycles. The maximum atomic E-state index is 12.8. The molecule has 1 unspecified atom stereocenters. The van der Waals surface area contributed by atoms with Crippen LogP contribution < -0.4 is 0 Å². The van der Waals surface area contributed by atoms with Crippen molar-refractivity contribution in [3.63, 3.8) is 0 Å². The molecule has 0 aromatic heterocycles. The van der Waals surface area contributed by atoms with Gasteiger partial charge in [0.05, 0.1) is 0 Å². The predicted molar refractivity (Wildman–Crippen MR) is 288 cm³/mol. The molecule has 0 saturated carbocycles. The maximum absolute atomic E-state index is 12.8. The van der Waals surface area contributed by atoms with Crippen molar-refractivity contribution in [2.75, 3.05) is 13.2 Å². The Morgan fingerprint density at radius 2 is 0.582 bits per heavy atom. The lowest BCUT2D eigenvalue weighted by molar-refractivity contribution is -0.167. The van der Waals surface area contributed by atoms with Gasteiger partial charge in [0.1, 0.15) is 13.2 Å². The standard InChI is InChI=1S/C61H108O6/c1-4-7-10-13-16-19-21-23-25-27-28-29-30-31-32-34-35-37-39-42-45-48-51-54-60(63)66-57-58(56-65-59(62)53-50-47-44-41-18-15-12-9-6-3)67-61(64)55-52-49-46-43-40-38-36-33-26-24-22-20-17-14-11-8-5-2/h8,11,17,20,24,26,36,38,43,46,58H,4-7,9-10,12-16,18-19,21-23,25,27-35,37,39-42,44-45,47-57H2,1-3H3/b11-8-,20-17-,26-24-,38-36-,46-43-. The summed E-state index contributed by atoms with van der Waals surface area (Å²) < 4.78 is 16.8. The fourth-order valence-corrected chi connectivity index (χ4v) is 8.24. The van der Waals surface area contributed by atoms with Gasteiger partial charge in [0, 0.05) is 19.3 Å². The normalized spacial score (nSPS) is 12.5. The summed E-state index contributed by atoms with van der Waals surface area (Å²) in [4.78, 5) is 38.0. The highest BCUT2D eigenvalue weighted by Gasteiger charge is 2.19. The number of esters is 3. The fourth-order valence-electron chi connectivity index (χ4n) is 8.24. The van der Waals surface area contributed by atoms with Crippen LogP contribution in [-0.2, 0) is 28.6 Å². The third-order valence-electron chi connectivity index (χ3n) is 12.5. The van der Waals surface area contributed by atoms with E-state index in [9.17, 15) is 14.4 Å². The lowest BCUT2D eigenvalue weighted by atomic mass is 10.0. The van der Waals surface area contributed by atoms with Crippen molar-refractivity contribution in [3.8, 4) is 0 Å². The largest absolute Gasteiger partial charge is 0.462 e. The molecular formula is C61H108O6. The summed E-state index contributed by atoms with van der Waals surface area (Å²) in [5.74, 6) is -0.944. The molecule has 0 fully saturated rings. The van der Waals surface area contributed by atoms with Gasteiger partial charge in [-0.25, -0.2) is 0 Å². The first-order valence-electron chi connectivity index (χ1n) is 28.8. The molecule has 0 rings (SSSR count). The average molecular weight is 938 g/mol. The Morgan fingerprint density at radius 1 is 0.313 bits per heavy atom. The SMILES string of the molecule is CC/C=C\C/C=C\C/C=C\C/C=C\C/C=C\CCCC(=O)OC(COC(=O)CCCCCCCCCCC)COC(=O)CCCCCCCCCCCCCCCCCCCCCCCCC. The number of hydrogen-bond donors (Lipinski definition) is 0. The highest BCUT2D eigenvalue weighted by atomic mass is 16.6. The summed E-state index contributed by atoms with van der Waals surface area (Å²) in [5, 5.41) is 0. The number of unbranched alkanes of at least 4 members (excludes halogenated alkanes) is 31. The summed E-state index contributed by atoms with van der Waals surface area (Å²) in [6, 6.07) is 0. The Labute approximate surface area is 415 Å². The van der Waals surface area contributed by atoms with Gasteiger partial charge < -0.3 is 14.2 Å². The molecule has 0 aromatic rings. The van der Waals surface area contributed by atoms with Crippen molar-refractivity contribution in [2.45, 2.75) is 297 Å². The first-order valence-corrected chi connectivity index (χ1v) is 28.8. The zero-order chi connectivity index (χ0) is 48.6. The topological polar surface area (TPSA) is 78.9 Å². The van der Waals surface area contributed by atoms with Gasteiger partial charge in [0.15, 0.2) is 6.10 Å². The molecule has 0 aliphatic heterocycles. The molecule has 0 aliphatic carbocycles. The van der Waals surface area contributed by atoms with Gasteiger partial charge in [-0.1, -0.05) is 274 Å². The van der Waals surface area contributed by atoms with Gasteiger partial charge in [-0.15, -0.1) is 0 Å². The van der Waals surface area contributed by atoms with E-state index in [-0.39, 0.29) is 37.5 Å². The second-order valence-corrected chi connectivity index (χ2v) is 19.2. The minimum atomic E-state index is -0.799. The molecule has 0 aliphatic rings. The number of carbonyl (C=O) groups excluding carboxylic acids is 3. The molecular weight excluding hydrogens is 829 g/mol. The number of allylic oxidation sites excluding steroid dienone is 10. The van der Waals surface area contributed by atoms with Crippen LogP contribution in [0.15, 0.2) is 60.8 Å². The van der Waals surface area contributed by atoms with E-state index in [2.05, 4.69) is 81.5 Å². The summed E-state index contributed by atoms with van der Waals surface area (Å²) in [5.41, 5.74) is 0. The third-order valence-corrected chi connectivity index (χ3v) is 12.5. The minimum absolute atomic E-state index is 0.0932. The molecule has 1 atom stereocenters. The molecule has 0 saturated heterocycles. The van der Waals surface area contributed by atoms with Crippen LogP contribution in [0.25, 0.3) is 0 Å². The van der Waals surface area contributed by atoms with E-state index in [0.29, 0.717) is 19.3 Å². The number of hydrogen-bond acceptors (Lipinski definition) is 6. The quantitative estimate of drug-likeness (QED) is 0.0262. The van der Waals surface area contributed by atoms with E-state index >= 15 is 0 Å². The van der Waals surface area contributed by atoms with E-state index in [1.165, 1.54) is 167 Å². The van der Waals surface area contributed by atoms with Crippen molar-refractivity contribution in [1.82, 2.24) is 0 Å². The van der Waals surface area contributed by atoms with E-state index in [1.54, 1.807) is 0 Å². The lowest BCUT2D eigenvalue weighted by Gasteiger charge is -2.18. The highest BCUT2D eigenvalue weighted by molar-refractivity contribution is 5.71. The fraction of sp³-hybridized carbons (Fsp3) is 0.787. The molecule has 0 amide bonds. The Hall–Kier alpha value is -2.89. The van der Waals surface area contributed by atoms with Crippen LogP contribution in [0.4, 0.5) is 0 Å². The molecule has 0 bridgehead atoms. The molecule has 0 radical (unpaired) electrons. The number of rotatable bonds is 52. The molecule has 0 aromatic carbocycles. The van der Waals surface area contributed by atoms with E-state index in [0.717, 1.165) is 77.0 Å². The lowest BCUT2D eigenvalue weighted by Crippen LogP contribution is -2.30.